The molecule has 0 saturated heterocycles. The van der Waals surface area contributed by atoms with E-state index in [1.807, 2.05) is 42.8 Å². The zero-order valence-corrected chi connectivity index (χ0v) is 12.6. The molecule has 2 aromatic rings. The van der Waals surface area contributed by atoms with E-state index < -0.39 is 0 Å². The van der Waals surface area contributed by atoms with E-state index in [1.54, 1.807) is 0 Å². The van der Waals surface area contributed by atoms with E-state index in [0.29, 0.717) is 11.6 Å². The van der Waals surface area contributed by atoms with E-state index in [2.05, 4.69) is 21.0 Å². The van der Waals surface area contributed by atoms with E-state index >= 15 is 0 Å². The predicted octanol–water partition coefficient (Wildman–Crippen LogP) is 4.21. The lowest BCUT2D eigenvalue weighted by atomic mass is 10.3. The van der Waals surface area contributed by atoms with Crippen LogP contribution < -0.4 is 4.74 Å². The second-order valence-electron chi connectivity index (χ2n) is 3.91. The largest absolute Gasteiger partial charge is 0.487 e. The van der Waals surface area contributed by atoms with Crippen molar-refractivity contribution >= 4 is 27.5 Å². The molecule has 0 aliphatic heterocycles. The number of rotatable bonds is 4. The van der Waals surface area contributed by atoms with Gasteiger partial charge in [-0.3, -0.25) is 4.68 Å². The van der Waals surface area contributed by atoms with Gasteiger partial charge in [0.05, 0.1) is 16.4 Å². The molecule has 0 spiro atoms. The summed E-state index contributed by atoms with van der Waals surface area (Å²) >= 11 is 9.63. The molecular weight excluding hydrogens is 316 g/mol. The van der Waals surface area contributed by atoms with Gasteiger partial charge in [0, 0.05) is 11.0 Å². The van der Waals surface area contributed by atoms with Gasteiger partial charge < -0.3 is 4.74 Å². The van der Waals surface area contributed by atoms with Crippen LogP contribution in [0.1, 0.15) is 18.3 Å². The van der Waals surface area contributed by atoms with Crippen LogP contribution in [0.15, 0.2) is 28.7 Å². The van der Waals surface area contributed by atoms with E-state index in [1.165, 1.54) is 0 Å². The molecule has 18 heavy (non-hydrogen) atoms. The van der Waals surface area contributed by atoms with Gasteiger partial charge in [0.2, 0.25) is 0 Å². The highest BCUT2D eigenvalue weighted by molar-refractivity contribution is 9.10. The van der Waals surface area contributed by atoms with Gasteiger partial charge in [0.15, 0.2) is 0 Å². The minimum absolute atomic E-state index is 0.421. The maximum atomic E-state index is 6.22. The van der Waals surface area contributed by atoms with Crippen molar-refractivity contribution in [3.8, 4) is 5.75 Å². The number of nitrogens with zero attached hydrogens (tertiary/aromatic N) is 2. The minimum atomic E-state index is 0.421. The molecule has 0 amide bonds. The van der Waals surface area contributed by atoms with Crippen LogP contribution in [0.4, 0.5) is 0 Å². The fraction of sp³-hybridized carbons (Fsp3) is 0.308. The van der Waals surface area contributed by atoms with Crippen molar-refractivity contribution in [2.45, 2.75) is 27.0 Å². The fourth-order valence-corrected chi connectivity index (χ4v) is 2.28. The van der Waals surface area contributed by atoms with Crippen LogP contribution in [0.2, 0.25) is 5.02 Å². The summed E-state index contributed by atoms with van der Waals surface area (Å²) in [6.45, 7) is 5.14. The molecule has 0 atom stereocenters. The van der Waals surface area contributed by atoms with Gasteiger partial charge in [-0.1, -0.05) is 33.6 Å². The molecule has 5 heteroatoms. The van der Waals surface area contributed by atoms with Crippen LogP contribution in [0.5, 0.6) is 5.75 Å². The summed E-state index contributed by atoms with van der Waals surface area (Å²) in [7, 11) is 0. The molecule has 96 valence electrons. The van der Waals surface area contributed by atoms with E-state index in [9.17, 15) is 0 Å². The summed E-state index contributed by atoms with van der Waals surface area (Å²) < 4.78 is 8.60. The molecule has 1 aromatic carbocycles. The number of halogens is 2. The van der Waals surface area contributed by atoms with Gasteiger partial charge in [-0.05, 0) is 32.0 Å². The molecule has 0 aliphatic rings. The van der Waals surface area contributed by atoms with Crippen molar-refractivity contribution < 1.29 is 4.74 Å². The van der Waals surface area contributed by atoms with Gasteiger partial charge in [-0.25, -0.2) is 0 Å². The Labute approximate surface area is 120 Å². The predicted molar refractivity (Wildman–Crippen MR) is 76.1 cm³/mol. The number of hydrogen-bond acceptors (Lipinski definition) is 2. The van der Waals surface area contributed by atoms with Crippen molar-refractivity contribution in [2.24, 2.45) is 0 Å². The summed E-state index contributed by atoms with van der Waals surface area (Å²) in [5, 5.41) is 5.04. The Balaban J connectivity index is 2.15. The fourth-order valence-electron chi connectivity index (χ4n) is 1.72. The third kappa shape index (κ3) is 2.87. The molecule has 2 rings (SSSR count). The highest BCUT2D eigenvalue weighted by atomic mass is 79.9. The Bertz CT molecular complexity index is 554. The van der Waals surface area contributed by atoms with Gasteiger partial charge in [-0.15, -0.1) is 0 Å². The van der Waals surface area contributed by atoms with Gasteiger partial charge >= 0.3 is 0 Å². The minimum Gasteiger partial charge on any atom is -0.487 e. The summed E-state index contributed by atoms with van der Waals surface area (Å²) in [5.74, 6) is 0.807. The van der Waals surface area contributed by atoms with Crippen LogP contribution in [0.25, 0.3) is 0 Å². The molecule has 3 nitrogen and oxygen atoms in total. The molecular formula is C13H14BrClN2O. The topological polar surface area (TPSA) is 27.1 Å². The van der Waals surface area contributed by atoms with Gasteiger partial charge in [-0.2, -0.15) is 5.10 Å². The van der Waals surface area contributed by atoms with Gasteiger partial charge in [0.1, 0.15) is 12.4 Å². The zero-order valence-electron chi connectivity index (χ0n) is 10.3. The molecule has 0 unspecified atom stereocenters. The Morgan fingerprint density at radius 2 is 2.22 bits per heavy atom. The Hall–Kier alpha value is -1.000. The Kier molecular flexibility index (Phi) is 4.30. The Morgan fingerprint density at radius 1 is 1.44 bits per heavy atom. The van der Waals surface area contributed by atoms with Crippen molar-refractivity contribution in [3.05, 3.63) is 45.1 Å². The second kappa shape index (κ2) is 5.76. The van der Waals surface area contributed by atoms with Crippen molar-refractivity contribution in [2.75, 3.05) is 0 Å². The number of hydrogen-bond donors (Lipinski definition) is 0. The molecule has 0 bridgehead atoms. The normalized spacial score (nSPS) is 10.7. The lowest BCUT2D eigenvalue weighted by Crippen LogP contribution is -2.06. The maximum absolute atomic E-state index is 6.22. The monoisotopic (exact) mass is 328 g/mol. The SMILES string of the molecule is CCn1nc(C)c(Cl)c1COc1cccc(Br)c1. The van der Waals surface area contributed by atoms with Crippen LogP contribution >= 0.6 is 27.5 Å². The zero-order chi connectivity index (χ0) is 13.1. The quantitative estimate of drug-likeness (QED) is 0.840. The van der Waals surface area contributed by atoms with Crippen LogP contribution in [-0.2, 0) is 13.2 Å². The van der Waals surface area contributed by atoms with Crippen molar-refractivity contribution in [1.29, 1.82) is 0 Å². The van der Waals surface area contributed by atoms with Crippen LogP contribution in [-0.4, -0.2) is 9.78 Å². The van der Waals surface area contributed by atoms with Gasteiger partial charge in [0.25, 0.3) is 0 Å². The second-order valence-corrected chi connectivity index (χ2v) is 5.20. The van der Waals surface area contributed by atoms with E-state index in [-0.39, 0.29) is 0 Å². The molecule has 0 fully saturated rings. The van der Waals surface area contributed by atoms with E-state index in [0.717, 1.165) is 28.2 Å². The first-order valence-corrected chi connectivity index (χ1v) is 6.89. The molecule has 1 heterocycles. The summed E-state index contributed by atoms with van der Waals surface area (Å²) in [6.07, 6.45) is 0. The molecule has 0 N–H and O–H groups in total. The average molecular weight is 330 g/mol. The molecule has 0 radical (unpaired) electrons. The summed E-state index contributed by atoms with van der Waals surface area (Å²) in [5.41, 5.74) is 1.75. The molecule has 1 aromatic heterocycles. The van der Waals surface area contributed by atoms with Crippen LogP contribution in [0.3, 0.4) is 0 Å². The van der Waals surface area contributed by atoms with E-state index in [4.69, 9.17) is 16.3 Å². The van der Waals surface area contributed by atoms with Crippen molar-refractivity contribution in [3.63, 3.8) is 0 Å². The summed E-state index contributed by atoms with van der Waals surface area (Å²) in [4.78, 5) is 0. The Morgan fingerprint density at radius 3 is 2.89 bits per heavy atom. The lowest BCUT2D eigenvalue weighted by Gasteiger charge is -2.08. The standard InChI is InChI=1S/C13H14BrClN2O/c1-3-17-12(13(15)9(2)16-17)8-18-11-6-4-5-10(14)7-11/h4-7H,3,8H2,1-2H3. The first-order chi connectivity index (χ1) is 8.61. The van der Waals surface area contributed by atoms with Crippen LogP contribution in [0, 0.1) is 6.92 Å². The summed E-state index contributed by atoms with van der Waals surface area (Å²) in [6, 6.07) is 7.73. The number of ether oxygens (including phenoxy) is 1. The lowest BCUT2D eigenvalue weighted by molar-refractivity contribution is 0.292. The first kappa shape index (κ1) is 13.4. The number of aromatic nitrogens is 2. The molecule has 0 saturated carbocycles. The maximum Gasteiger partial charge on any atom is 0.131 e. The number of aryl methyl sites for hydroxylation is 2. The van der Waals surface area contributed by atoms with Crippen molar-refractivity contribution in [1.82, 2.24) is 9.78 Å². The third-order valence-electron chi connectivity index (χ3n) is 2.62. The first-order valence-electron chi connectivity index (χ1n) is 5.72. The number of benzene rings is 1. The highest BCUT2D eigenvalue weighted by Gasteiger charge is 2.12. The average Bonchev–Trinajstić information content (AvgIpc) is 2.63. The molecule has 0 aliphatic carbocycles. The highest BCUT2D eigenvalue weighted by Crippen LogP contribution is 2.23. The third-order valence-corrected chi connectivity index (χ3v) is 3.61. The smallest absolute Gasteiger partial charge is 0.131 e.